The highest BCUT2D eigenvalue weighted by atomic mass is 31.3. The van der Waals surface area contributed by atoms with E-state index >= 15 is 0 Å². The summed E-state index contributed by atoms with van der Waals surface area (Å²) in [4.78, 5) is 45.1. The normalized spacial score (nSPS) is 31.4. The van der Waals surface area contributed by atoms with Crippen LogP contribution >= 0.6 is 15.6 Å². The lowest BCUT2D eigenvalue weighted by Gasteiger charge is -2.28. The first-order valence-corrected chi connectivity index (χ1v) is 9.42. The fourth-order valence-corrected chi connectivity index (χ4v) is 3.56. The number of rotatable bonds is 6. The van der Waals surface area contributed by atoms with Crippen molar-refractivity contribution in [3.63, 3.8) is 0 Å². The van der Waals surface area contributed by atoms with Gasteiger partial charge >= 0.3 is 5.69 Å². The quantitative estimate of drug-likeness (QED) is 0.338. The third-order valence-electron chi connectivity index (χ3n) is 3.06. The van der Waals surface area contributed by atoms with E-state index < -0.39 is 52.5 Å². The lowest BCUT2D eigenvalue weighted by Crippen LogP contribution is -2.36. The summed E-state index contributed by atoms with van der Waals surface area (Å²) >= 11 is 0. The van der Waals surface area contributed by atoms with Gasteiger partial charge < -0.3 is 39.9 Å². The van der Waals surface area contributed by atoms with E-state index in [0.717, 1.165) is 10.8 Å². The van der Waals surface area contributed by atoms with Crippen molar-refractivity contribution in [2.45, 2.75) is 24.5 Å². The Labute approximate surface area is 139 Å². The average molecular weight is 401 g/mol. The molecule has 0 aliphatic carbocycles. The van der Waals surface area contributed by atoms with E-state index in [2.05, 4.69) is 13.8 Å². The largest absolute Gasteiger partial charge is 0.756 e. The maximum Gasteiger partial charge on any atom is 0.351 e. The fraction of sp³-hybridized carbons (Fsp3) is 0.556. The molecule has 1 fully saturated rings. The van der Waals surface area contributed by atoms with Crippen LogP contribution < -0.4 is 21.2 Å². The zero-order chi connectivity index (χ0) is 19.0. The SMILES string of the molecule is Nc1ccn([C@@H]2O[C@H](COP(=O)([O-])OP(=O)([O-])O)[C@H](O)C2O)c(=O)n1. The molecule has 0 aromatic carbocycles. The minimum Gasteiger partial charge on any atom is -0.756 e. The molecule has 0 amide bonds. The predicted octanol–water partition coefficient (Wildman–Crippen LogP) is -3.59. The molecule has 25 heavy (non-hydrogen) atoms. The molecule has 1 saturated heterocycles. The van der Waals surface area contributed by atoms with E-state index in [1.807, 2.05) is 0 Å². The van der Waals surface area contributed by atoms with Gasteiger partial charge in [0.15, 0.2) is 6.23 Å². The van der Waals surface area contributed by atoms with E-state index in [4.69, 9.17) is 15.4 Å². The number of nitrogens with zero attached hydrogens (tertiary/aromatic N) is 2. The summed E-state index contributed by atoms with van der Waals surface area (Å²) < 4.78 is 35.1. The first-order valence-electron chi connectivity index (χ1n) is 6.46. The minimum absolute atomic E-state index is 0.0929. The second kappa shape index (κ2) is 7.21. The van der Waals surface area contributed by atoms with Crippen molar-refractivity contribution >= 4 is 21.5 Å². The van der Waals surface area contributed by atoms with Crippen LogP contribution in [0.15, 0.2) is 17.1 Å². The van der Waals surface area contributed by atoms with Crippen molar-refractivity contribution in [3.05, 3.63) is 22.7 Å². The summed E-state index contributed by atoms with van der Waals surface area (Å²) in [7, 11) is -11.1. The molecule has 1 aromatic rings. The Hall–Kier alpha value is -1.18. The number of phosphoric ester groups is 1. The van der Waals surface area contributed by atoms with Gasteiger partial charge in [0, 0.05) is 6.20 Å². The summed E-state index contributed by atoms with van der Waals surface area (Å²) in [6.07, 6.45) is -5.12. The fourth-order valence-electron chi connectivity index (χ4n) is 2.03. The topological polar surface area (TPSA) is 230 Å². The summed E-state index contributed by atoms with van der Waals surface area (Å²) in [5, 5.41) is 19.8. The van der Waals surface area contributed by atoms with Crippen molar-refractivity contribution in [1.29, 1.82) is 0 Å². The van der Waals surface area contributed by atoms with Gasteiger partial charge in [-0.3, -0.25) is 13.7 Å². The van der Waals surface area contributed by atoms with Crippen LogP contribution in [0.25, 0.3) is 0 Å². The van der Waals surface area contributed by atoms with E-state index in [1.54, 1.807) is 0 Å². The summed E-state index contributed by atoms with van der Waals surface area (Å²) in [6, 6.07) is 1.22. The lowest BCUT2D eigenvalue weighted by atomic mass is 10.1. The Bertz CT molecular complexity index is 778. The Morgan fingerprint density at radius 2 is 2.00 bits per heavy atom. The number of hydrogen-bond donors (Lipinski definition) is 4. The van der Waals surface area contributed by atoms with E-state index in [-0.39, 0.29) is 5.82 Å². The summed E-state index contributed by atoms with van der Waals surface area (Å²) in [5.41, 5.74) is 4.42. The Morgan fingerprint density at radius 1 is 1.36 bits per heavy atom. The predicted molar refractivity (Wildman–Crippen MR) is 73.3 cm³/mol. The standard InChI is InChI=1S/C9H15N3O11P2/c10-5-1-2-12(9(15)11-5)8-7(14)6(13)4(22-8)3-21-25(19,20)23-24(16,17)18/h1-2,4,6-8,13-14H,3H2,(H,19,20)(H2,10,11,15)(H2,16,17,18)/p-2/t4-,6+,7?,8-/m1/s1. The molecule has 1 aliphatic rings. The maximum atomic E-state index is 11.7. The van der Waals surface area contributed by atoms with Crippen LogP contribution in [0.3, 0.4) is 0 Å². The summed E-state index contributed by atoms with van der Waals surface area (Å²) in [5.74, 6) is -0.0929. The zero-order valence-corrected chi connectivity index (χ0v) is 13.9. The van der Waals surface area contributed by atoms with Gasteiger partial charge in [-0.25, -0.2) is 9.11 Å². The monoisotopic (exact) mass is 401 g/mol. The lowest BCUT2D eigenvalue weighted by molar-refractivity contribution is -0.242. The van der Waals surface area contributed by atoms with Gasteiger partial charge in [0.2, 0.25) is 0 Å². The highest BCUT2D eigenvalue weighted by Gasteiger charge is 2.44. The third kappa shape index (κ3) is 5.15. The van der Waals surface area contributed by atoms with E-state index in [0.29, 0.717) is 0 Å². The van der Waals surface area contributed by atoms with Crippen LogP contribution in [0.2, 0.25) is 0 Å². The molecule has 0 bridgehead atoms. The van der Waals surface area contributed by atoms with Gasteiger partial charge in [0.1, 0.15) is 24.1 Å². The second-order valence-corrected chi connectivity index (χ2v) is 7.62. The number of phosphoric acid groups is 2. The molecular formula is C9H13N3O11P2-2. The van der Waals surface area contributed by atoms with Crippen molar-refractivity contribution in [2.75, 3.05) is 12.3 Å². The molecule has 16 heteroatoms. The molecular weight excluding hydrogens is 388 g/mol. The van der Waals surface area contributed by atoms with Crippen LogP contribution in [-0.4, -0.2) is 49.6 Å². The molecule has 0 spiro atoms. The van der Waals surface area contributed by atoms with Gasteiger partial charge in [-0.05, 0) is 6.07 Å². The molecule has 3 unspecified atom stereocenters. The smallest absolute Gasteiger partial charge is 0.351 e. The van der Waals surface area contributed by atoms with Gasteiger partial charge in [0.05, 0.1) is 6.61 Å². The number of ether oxygens (including phenoxy) is 1. The summed E-state index contributed by atoms with van der Waals surface area (Å²) in [6.45, 7) is -0.966. The van der Waals surface area contributed by atoms with Crippen molar-refractivity contribution < 1.29 is 47.6 Å². The maximum absolute atomic E-state index is 11.7. The zero-order valence-electron chi connectivity index (χ0n) is 12.1. The van der Waals surface area contributed by atoms with Gasteiger partial charge in [0.25, 0.3) is 15.6 Å². The Morgan fingerprint density at radius 3 is 2.56 bits per heavy atom. The van der Waals surface area contributed by atoms with Crippen LogP contribution in [-0.2, 0) is 22.7 Å². The van der Waals surface area contributed by atoms with Crippen LogP contribution in [0.1, 0.15) is 6.23 Å². The first kappa shape index (κ1) is 20.1. The number of nitrogen functional groups attached to an aromatic ring is 1. The number of aromatic nitrogens is 2. The molecule has 142 valence electrons. The van der Waals surface area contributed by atoms with Crippen molar-refractivity contribution in [1.82, 2.24) is 9.55 Å². The molecule has 2 rings (SSSR count). The molecule has 5 N–H and O–H groups in total. The molecule has 2 heterocycles. The number of aliphatic hydroxyl groups excluding tert-OH is 2. The van der Waals surface area contributed by atoms with Gasteiger partial charge in [-0.1, -0.05) is 0 Å². The van der Waals surface area contributed by atoms with Crippen molar-refractivity contribution in [3.8, 4) is 0 Å². The van der Waals surface area contributed by atoms with E-state index in [1.165, 1.54) is 6.07 Å². The number of hydrogen-bond acceptors (Lipinski definition) is 12. The van der Waals surface area contributed by atoms with Crippen LogP contribution in [0.5, 0.6) is 0 Å². The molecule has 1 aliphatic heterocycles. The first-order chi connectivity index (χ1) is 11.4. The number of aliphatic hydroxyl groups is 2. The van der Waals surface area contributed by atoms with Gasteiger partial charge in [-0.15, -0.1) is 0 Å². The van der Waals surface area contributed by atoms with Crippen molar-refractivity contribution in [2.24, 2.45) is 0 Å². The second-order valence-electron chi connectivity index (χ2n) is 4.88. The molecule has 14 nitrogen and oxygen atoms in total. The number of nitrogens with two attached hydrogens (primary N) is 1. The minimum atomic E-state index is -5.62. The molecule has 0 radical (unpaired) electrons. The van der Waals surface area contributed by atoms with Gasteiger partial charge in [-0.2, -0.15) is 4.98 Å². The highest BCUT2D eigenvalue weighted by Crippen LogP contribution is 2.52. The van der Waals surface area contributed by atoms with Crippen LogP contribution in [0, 0.1) is 0 Å². The average Bonchev–Trinajstić information content (AvgIpc) is 2.71. The molecule has 6 atom stereocenters. The van der Waals surface area contributed by atoms with E-state index in [9.17, 15) is 33.9 Å². The Kier molecular flexibility index (Phi) is 5.81. The van der Waals surface area contributed by atoms with Crippen LogP contribution in [0.4, 0.5) is 5.82 Å². The highest BCUT2D eigenvalue weighted by molar-refractivity contribution is 7.59. The Balaban J connectivity index is 2.08. The number of anilines is 1. The molecule has 1 aromatic heterocycles. The third-order valence-corrected chi connectivity index (χ3v) is 5.15. The molecule has 0 saturated carbocycles.